The van der Waals surface area contributed by atoms with Crippen LogP contribution in [0.2, 0.25) is 5.02 Å². The molecule has 0 radical (unpaired) electrons. The third-order valence-electron chi connectivity index (χ3n) is 4.07. The van der Waals surface area contributed by atoms with Crippen LogP contribution in [0.4, 0.5) is 11.4 Å². The number of rotatable bonds is 3. The van der Waals surface area contributed by atoms with Crippen molar-refractivity contribution in [2.75, 3.05) is 10.6 Å². The summed E-state index contributed by atoms with van der Waals surface area (Å²) in [7, 11) is 0. The molecular formula is C21H15ClN4S. The second-order valence-corrected chi connectivity index (χ2v) is 6.71. The Bertz CT molecular complexity index is 1110. The van der Waals surface area contributed by atoms with Gasteiger partial charge in [-0.05, 0) is 54.0 Å². The number of fused-ring (bicyclic) bond motifs is 1. The van der Waals surface area contributed by atoms with Gasteiger partial charge in [0.2, 0.25) is 0 Å². The summed E-state index contributed by atoms with van der Waals surface area (Å²) in [6.07, 6.45) is 5.22. The lowest BCUT2D eigenvalue weighted by atomic mass is 10.0. The summed E-state index contributed by atoms with van der Waals surface area (Å²) in [5.74, 6) is 0. The summed E-state index contributed by atoms with van der Waals surface area (Å²) in [6.45, 7) is 0. The van der Waals surface area contributed by atoms with Crippen LogP contribution in [0, 0.1) is 0 Å². The van der Waals surface area contributed by atoms with Crippen molar-refractivity contribution in [3.63, 3.8) is 0 Å². The van der Waals surface area contributed by atoms with Gasteiger partial charge < -0.3 is 10.6 Å². The van der Waals surface area contributed by atoms with Gasteiger partial charge in [0.1, 0.15) is 0 Å². The molecule has 4 nitrogen and oxygen atoms in total. The number of nitrogens with zero attached hydrogens (tertiary/aromatic N) is 2. The number of halogens is 1. The predicted octanol–water partition coefficient (Wildman–Crippen LogP) is 5.76. The molecule has 0 spiro atoms. The topological polar surface area (TPSA) is 49.8 Å². The molecule has 0 atom stereocenters. The first-order chi connectivity index (χ1) is 13.2. The number of aromatic nitrogens is 2. The molecule has 0 amide bonds. The second-order valence-electron chi connectivity index (χ2n) is 5.90. The average Bonchev–Trinajstić information content (AvgIpc) is 2.70. The van der Waals surface area contributed by atoms with E-state index in [1.54, 1.807) is 18.6 Å². The van der Waals surface area contributed by atoms with E-state index >= 15 is 0 Å². The first-order valence-corrected chi connectivity index (χ1v) is 9.11. The number of hydrogen-bond acceptors (Lipinski definition) is 3. The fourth-order valence-corrected chi connectivity index (χ4v) is 3.29. The van der Waals surface area contributed by atoms with Gasteiger partial charge in [0.25, 0.3) is 0 Å². The maximum Gasteiger partial charge on any atom is 0.175 e. The molecule has 27 heavy (non-hydrogen) atoms. The monoisotopic (exact) mass is 390 g/mol. The fourth-order valence-electron chi connectivity index (χ4n) is 2.85. The zero-order valence-electron chi connectivity index (χ0n) is 14.2. The van der Waals surface area contributed by atoms with Gasteiger partial charge >= 0.3 is 0 Å². The maximum absolute atomic E-state index is 6.47. The Hall–Kier alpha value is -3.02. The molecule has 2 aromatic heterocycles. The van der Waals surface area contributed by atoms with Crippen molar-refractivity contribution in [2.45, 2.75) is 0 Å². The van der Waals surface area contributed by atoms with Crippen molar-refractivity contribution >= 4 is 51.1 Å². The van der Waals surface area contributed by atoms with E-state index in [0.717, 1.165) is 33.4 Å². The van der Waals surface area contributed by atoms with Crippen LogP contribution in [0.3, 0.4) is 0 Å². The van der Waals surface area contributed by atoms with Crippen LogP contribution in [-0.2, 0) is 0 Å². The van der Waals surface area contributed by atoms with Gasteiger partial charge in [0, 0.05) is 29.0 Å². The van der Waals surface area contributed by atoms with E-state index in [2.05, 4.69) is 26.7 Å². The first kappa shape index (κ1) is 17.4. The summed E-state index contributed by atoms with van der Waals surface area (Å²) in [5, 5.41) is 9.56. The minimum Gasteiger partial charge on any atom is -0.332 e. The number of nitrogens with one attached hydrogen (secondary N) is 2. The third-order valence-corrected chi connectivity index (χ3v) is 4.61. The Morgan fingerprint density at radius 2 is 1.74 bits per heavy atom. The lowest BCUT2D eigenvalue weighted by molar-refractivity contribution is 1.33. The van der Waals surface area contributed by atoms with Gasteiger partial charge in [-0.3, -0.25) is 9.97 Å². The van der Waals surface area contributed by atoms with Crippen molar-refractivity contribution in [3.05, 3.63) is 84.3 Å². The number of benzene rings is 2. The highest BCUT2D eigenvalue weighted by atomic mass is 35.5. The summed E-state index contributed by atoms with van der Waals surface area (Å²) in [6, 6.07) is 19.5. The van der Waals surface area contributed by atoms with Crippen molar-refractivity contribution < 1.29 is 0 Å². The average molecular weight is 391 g/mol. The van der Waals surface area contributed by atoms with Gasteiger partial charge in [0.15, 0.2) is 5.11 Å². The molecule has 2 N–H and O–H groups in total. The van der Waals surface area contributed by atoms with Crippen molar-refractivity contribution in [3.8, 4) is 11.3 Å². The van der Waals surface area contributed by atoms with Gasteiger partial charge in [-0.25, -0.2) is 0 Å². The molecule has 0 unspecified atom stereocenters. The van der Waals surface area contributed by atoms with Crippen molar-refractivity contribution in [1.29, 1.82) is 0 Å². The van der Waals surface area contributed by atoms with Crippen LogP contribution in [0.5, 0.6) is 0 Å². The van der Waals surface area contributed by atoms with E-state index in [0.29, 0.717) is 10.1 Å². The van der Waals surface area contributed by atoms with Gasteiger partial charge in [-0.15, -0.1) is 0 Å². The maximum atomic E-state index is 6.47. The molecule has 0 fully saturated rings. The molecule has 132 valence electrons. The quantitative estimate of drug-likeness (QED) is 0.435. The Morgan fingerprint density at radius 1 is 0.889 bits per heavy atom. The predicted molar refractivity (Wildman–Crippen MR) is 116 cm³/mol. The highest BCUT2D eigenvalue weighted by Crippen LogP contribution is 2.33. The van der Waals surface area contributed by atoms with Crippen molar-refractivity contribution in [1.82, 2.24) is 9.97 Å². The van der Waals surface area contributed by atoms with Gasteiger partial charge in [-0.1, -0.05) is 35.9 Å². The number of pyridine rings is 2. The molecule has 4 rings (SSSR count). The zero-order chi connectivity index (χ0) is 18.6. The van der Waals surface area contributed by atoms with E-state index in [-0.39, 0.29) is 0 Å². The summed E-state index contributed by atoms with van der Waals surface area (Å²) >= 11 is 11.9. The summed E-state index contributed by atoms with van der Waals surface area (Å²) in [5.41, 5.74) is 3.33. The lowest BCUT2D eigenvalue weighted by Crippen LogP contribution is -2.19. The van der Waals surface area contributed by atoms with Crippen LogP contribution in [0.15, 0.2) is 79.3 Å². The normalized spacial score (nSPS) is 10.6. The first-order valence-electron chi connectivity index (χ1n) is 8.32. The molecule has 4 aromatic rings. The standard InChI is InChI=1S/C21H15ClN4S/c22-19-8-7-15(25-21(27)26-16-5-3-10-23-13-16)12-18(19)20-17-6-2-1-4-14(17)9-11-24-20/h1-13H,(H2,25,26,27). The van der Waals surface area contributed by atoms with E-state index in [4.69, 9.17) is 23.8 Å². The Kier molecular flexibility index (Phi) is 4.96. The second kappa shape index (κ2) is 7.70. The highest BCUT2D eigenvalue weighted by Gasteiger charge is 2.11. The largest absolute Gasteiger partial charge is 0.332 e. The smallest absolute Gasteiger partial charge is 0.175 e. The Morgan fingerprint density at radius 3 is 2.59 bits per heavy atom. The molecule has 2 heterocycles. The molecule has 6 heteroatoms. The van der Waals surface area contributed by atoms with Crippen LogP contribution < -0.4 is 10.6 Å². The minimum atomic E-state index is 0.474. The summed E-state index contributed by atoms with van der Waals surface area (Å²) in [4.78, 5) is 8.62. The molecule has 0 aliphatic rings. The number of thiocarbonyl (C=S) groups is 1. The molecular weight excluding hydrogens is 376 g/mol. The lowest BCUT2D eigenvalue weighted by Gasteiger charge is -2.13. The molecule has 0 aliphatic heterocycles. The van der Waals surface area contributed by atoms with E-state index in [1.165, 1.54) is 0 Å². The summed E-state index contributed by atoms with van der Waals surface area (Å²) < 4.78 is 0. The highest BCUT2D eigenvalue weighted by molar-refractivity contribution is 7.80. The Labute approximate surface area is 167 Å². The molecule has 0 saturated carbocycles. The van der Waals surface area contributed by atoms with Gasteiger partial charge in [-0.2, -0.15) is 0 Å². The molecule has 0 aliphatic carbocycles. The molecule has 2 aromatic carbocycles. The van der Waals surface area contributed by atoms with E-state index in [9.17, 15) is 0 Å². The number of anilines is 2. The van der Waals surface area contributed by atoms with E-state index < -0.39 is 0 Å². The van der Waals surface area contributed by atoms with Crippen LogP contribution >= 0.6 is 23.8 Å². The minimum absolute atomic E-state index is 0.474. The third kappa shape index (κ3) is 3.89. The van der Waals surface area contributed by atoms with Crippen LogP contribution in [0.25, 0.3) is 22.0 Å². The van der Waals surface area contributed by atoms with Crippen LogP contribution in [-0.4, -0.2) is 15.1 Å². The molecule has 0 bridgehead atoms. The Balaban J connectivity index is 1.64. The van der Waals surface area contributed by atoms with E-state index in [1.807, 2.05) is 54.6 Å². The number of hydrogen-bond donors (Lipinski definition) is 2. The molecule has 0 saturated heterocycles. The van der Waals surface area contributed by atoms with Crippen molar-refractivity contribution in [2.24, 2.45) is 0 Å². The van der Waals surface area contributed by atoms with Gasteiger partial charge in [0.05, 0.1) is 22.6 Å². The van der Waals surface area contributed by atoms with Crippen LogP contribution in [0.1, 0.15) is 0 Å². The SMILES string of the molecule is S=C(Nc1cccnc1)Nc1ccc(Cl)c(-c2nccc3ccccc23)c1. The fraction of sp³-hybridized carbons (Fsp3) is 0. The zero-order valence-corrected chi connectivity index (χ0v) is 15.8.